The fourth-order valence-electron chi connectivity index (χ4n) is 4.25. The Balaban J connectivity index is 1.56. The van der Waals surface area contributed by atoms with Crippen molar-refractivity contribution in [1.29, 1.82) is 0 Å². The molecule has 36 heavy (non-hydrogen) atoms. The van der Waals surface area contributed by atoms with Crippen LogP contribution in [0.4, 0.5) is 10.5 Å². The zero-order valence-corrected chi connectivity index (χ0v) is 24.2. The molecule has 4 rings (SSSR count). The summed E-state index contributed by atoms with van der Waals surface area (Å²) in [6, 6.07) is 3.33. The third kappa shape index (κ3) is 6.86. The molecule has 1 fully saturated rings. The van der Waals surface area contributed by atoms with E-state index in [2.05, 4.69) is 40.6 Å². The number of carbonyl (C=O) groups is 1. The molecule has 3 aromatic heterocycles. The molecule has 1 atom stereocenters. The number of aromatic nitrogens is 3. The molecule has 1 N–H and O–H groups in total. The second kappa shape index (κ2) is 10.9. The summed E-state index contributed by atoms with van der Waals surface area (Å²) in [6.45, 7) is 15.3. The maximum absolute atomic E-state index is 12.7. The molecule has 3 aromatic rings. The van der Waals surface area contributed by atoms with Gasteiger partial charge in [-0.25, -0.2) is 14.8 Å². The van der Waals surface area contributed by atoms with Gasteiger partial charge in [-0.15, -0.1) is 11.3 Å². The number of pyridine rings is 1. The molecular weight excluding hydrogens is 490 g/mol. The van der Waals surface area contributed by atoms with Gasteiger partial charge in [0.25, 0.3) is 0 Å². The Kier molecular flexibility index (Phi) is 8.06. The Morgan fingerprint density at radius 2 is 2.08 bits per heavy atom. The summed E-state index contributed by atoms with van der Waals surface area (Å²) < 4.78 is 13.7. The first-order valence-corrected chi connectivity index (χ1v) is 17.3. The quantitative estimate of drug-likeness (QED) is 0.273. The third-order valence-corrected chi connectivity index (χ3v) is 8.61. The van der Waals surface area contributed by atoms with E-state index in [0.717, 1.165) is 52.8 Å². The summed E-state index contributed by atoms with van der Waals surface area (Å²) in [7, 11) is -1.14. The van der Waals surface area contributed by atoms with Crippen LogP contribution in [0, 0.1) is 0 Å². The maximum atomic E-state index is 12.7. The van der Waals surface area contributed by atoms with Gasteiger partial charge in [0.05, 0.1) is 11.3 Å². The molecule has 0 aliphatic carbocycles. The molecule has 4 heterocycles. The number of piperidine rings is 1. The molecule has 0 unspecified atom stereocenters. The molecule has 1 aliphatic heterocycles. The van der Waals surface area contributed by atoms with Crippen LogP contribution in [0.25, 0.3) is 21.6 Å². The fourth-order valence-corrected chi connectivity index (χ4v) is 5.66. The van der Waals surface area contributed by atoms with Crippen LogP contribution in [0.15, 0.2) is 30.0 Å². The highest BCUT2D eigenvalue weighted by Gasteiger charge is 2.29. The van der Waals surface area contributed by atoms with Gasteiger partial charge < -0.3 is 24.3 Å². The van der Waals surface area contributed by atoms with Gasteiger partial charge in [-0.05, 0) is 45.7 Å². The van der Waals surface area contributed by atoms with E-state index in [1.54, 1.807) is 11.3 Å². The van der Waals surface area contributed by atoms with Gasteiger partial charge in [0.1, 0.15) is 23.0 Å². The average molecular weight is 530 g/mol. The monoisotopic (exact) mass is 529 g/mol. The lowest BCUT2D eigenvalue weighted by Gasteiger charge is -2.35. The Morgan fingerprint density at radius 1 is 1.28 bits per heavy atom. The number of amides is 1. The maximum Gasteiger partial charge on any atom is 0.410 e. The number of hydrogen-bond acceptors (Lipinski definition) is 7. The molecule has 10 heteroatoms. The first kappa shape index (κ1) is 26.6. The van der Waals surface area contributed by atoms with Crippen molar-refractivity contribution in [2.75, 3.05) is 25.0 Å². The van der Waals surface area contributed by atoms with Crippen LogP contribution < -0.4 is 5.32 Å². The molecule has 196 valence electrons. The summed E-state index contributed by atoms with van der Waals surface area (Å²) in [4.78, 5) is 23.9. The summed E-state index contributed by atoms with van der Waals surface area (Å²) in [5.41, 5.74) is 2.36. The Labute approximate surface area is 219 Å². The zero-order valence-electron chi connectivity index (χ0n) is 22.3. The lowest BCUT2D eigenvalue weighted by Crippen LogP contribution is -2.47. The number of nitrogens with zero attached hydrogens (tertiary/aromatic N) is 4. The summed E-state index contributed by atoms with van der Waals surface area (Å²) in [5.74, 6) is 0. The van der Waals surface area contributed by atoms with Gasteiger partial charge in [0, 0.05) is 63.2 Å². The summed E-state index contributed by atoms with van der Waals surface area (Å²) in [6.07, 6.45) is 7.39. The van der Waals surface area contributed by atoms with Crippen LogP contribution in [0.1, 0.15) is 33.6 Å². The van der Waals surface area contributed by atoms with Crippen molar-refractivity contribution in [3.8, 4) is 10.6 Å². The minimum absolute atomic E-state index is 0.104. The van der Waals surface area contributed by atoms with E-state index in [0.29, 0.717) is 19.8 Å². The van der Waals surface area contributed by atoms with Crippen LogP contribution in [0.2, 0.25) is 25.7 Å². The highest BCUT2D eigenvalue weighted by Crippen LogP contribution is 2.36. The molecule has 0 saturated carbocycles. The molecule has 1 saturated heterocycles. The van der Waals surface area contributed by atoms with E-state index in [-0.39, 0.29) is 12.1 Å². The van der Waals surface area contributed by atoms with Crippen LogP contribution in [-0.2, 0) is 16.2 Å². The number of nitrogens with one attached hydrogen (secondary N) is 1. The van der Waals surface area contributed by atoms with E-state index in [1.165, 1.54) is 0 Å². The highest BCUT2D eigenvalue weighted by atomic mass is 32.1. The van der Waals surface area contributed by atoms with Crippen molar-refractivity contribution < 1.29 is 14.3 Å². The second-order valence-corrected chi connectivity index (χ2v) is 18.2. The number of rotatable bonds is 8. The van der Waals surface area contributed by atoms with Crippen LogP contribution >= 0.6 is 11.3 Å². The second-order valence-electron chi connectivity index (χ2n) is 11.7. The van der Waals surface area contributed by atoms with Crippen molar-refractivity contribution in [2.45, 2.75) is 77.7 Å². The van der Waals surface area contributed by atoms with Crippen molar-refractivity contribution in [2.24, 2.45) is 0 Å². The lowest BCUT2D eigenvalue weighted by molar-refractivity contribution is 0.0206. The smallest absolute Gasteiger partial charge is 0.410 e. The molecule has 1 amide bonds. The first-order valence-electron chi connectivity index (χ1n) is 12.7. The summed E-state index contributed by atoms with van der Waals surface area (Å²) >= 11 is 1.60. The fraction of sp³-hybridized carbons (Fsp3) is 0.577. The minimum atomic E-state index is -1.14. The number of anilines is 1. The average Bonchev–Trinajstić information content (AvgIpc) is 3.46. The number of ether oxygens (including phenoxy) is 2. The molecular formula is C26H39N5O3SSi. The Morgan fingerprint density at radius 3 is 2.78 bits per heavy atom. The zero-order chi connectivity index (χ0) is 25.9. The first-order chi connectivity index (χ1) is 17.0. The Hall–Kier alpha value is -2.43. The van der Waals surface area contributed by atoms with Crippen molar-refractivity contribution >= 4 is 42.2 Å². The standard InChI is InChI=1S/C26H39N5O3SSi/c1-26(2,3)34-25(32)30-11-7-8-19(17-30)29-22-20-9-12-31(18-33-13-15-36(4,5)6)23(20)28-16-21(22)24-27-10-14-35-24/h9-10,12,14,16,19H,7-8,11,13,15,17-18H2,1-6H3,(H,28,29)/t19-/m1/s1. The Bertz CT molecular complexity index is 1170. The highest BCUT2D eigenvalue weighted by molar-refractivity contribution is 7.13. The number of thiazole rings is 1. The van der Waals surface area contributed by atoms with Crippen LogP contribution in [0.5, 0.6) is 0 Å². The lowest BCUT2D eigenvalue weighted by atomic mass is 10.0. The van der Waals surface area contributed by atoms with Gasteiger partial charge in [0.15, 0.2) is 0 Å². The third-order valence-electron chi connectivity index (χ3n) is 6.10. The number of likely N-dealkylation sites (tertiary alicyclic amines) is 1. The van der Waals surface area contributed by atoms with Crippen LogP contribution in [0.3, 0.4) is 0 Å². The number of fused-ring (bicyclic) bond motifs is 1. The SMILES string of the molecule is CC(C)(C)OC(=O)N1CCC[C@@H](Nc2c(-c3nccs3)cnc3c2ccn3COCC[Si](C)(C)C)C1. The largest absolute Gasteiger partial charge is 0.444 e. The van der Waals surface area contributed by atoms with Gasteiger partial charge in [0.2, 0.25) is 0 Å². The van der Waals surface area contributed by atoms with Gasteiger partial charge in [-0.1, -0.05) is 19.6 Å². The van der Waals surface area contributed by atoms with E-state index >= 15 is 0 Å². The number of carbonyl (C=O) groups excluding carboxylic acids is 1. The van der Waals surface area contributed by atoms with Crippen molar-refractivity contribution in [1.82, 2.24) is 19.4 Å². The minimum Gasteiger partial charge on any atom is -0.444 e. The van der Waals surface area contributed by atoms with Gasteiger partial charge >= 0.3 is 6.09 Å². The van der Waals surface area contributed by atoms with E-state index in [4.69, 9.17) is 14.5 Å². The van der Waals surface area contributed by atoms with E-state index in [9.17, 15) is 4.79 Å². The van der Waals surface area contributed by atoms with Gasteiger partial charge in [-0.3, -0.25) is 0 Å². The molecule has 0 radical (unpaired) electrons. The van der Waals surface area contributed by atoms with E-state index in [1.807, 2.05) is 49.6 Å². The summed E-state index contributed by atoms with van der Waals surface area (Å²) in [5, 5.41) is 7.69. The molecule has 1 aliphatic rings. The van der Waals surface area contributed by atoms with Crippen molar-refractivity contribution in [3.63, 3.8) is 0 Å². The molecule has 0 spiro atoms. The van der Waals surface area contributed by atoms with E-state index < -0.39 is 13.7 Å². The normalized spacial score (nSPS) is 16.9. The molecule has 8 nitrogen and oxygen atoms in total. The van der Waals surface area contributed by atoms with Gasteiger partial charge in [-0.2, -0.15) is 0 Å². The predicted octanol–water partition coefficient (Wildman–Crippen LogP) is 6.28. The van der Waals surface area contributed by atoms with Crippen LogP contribution in [-0.4, -0.2) is 64.9 Å². The predicted molar refractivity (Wildman–Crippen MR) is 149 cm³/mol. The topological polar surface area (TPSA) is 81.5 Å². The molecule has 0 aromatic carbocycles. The van der Waals surface area contributed by atoms with Crippen molar-refractivity contribution in [3.05, 3.63) is 30.0 Å². The molecule has 0 bridgehead atoms. The number of hydrogen-bond donors (Lipinski definition) is 1.